The minimum Gasteiger partial charge on any atom is -1.00 e. The van der Waals surface area contributed by atoms with Crippen molar-refractivity contribution in [1.82, 2.24) is 9.05 Å². The van der Waals surface area contributed by atoms with Crippen molar-refractivity contribution in [2.24, 2.45) is 0 Å². The average molecular weight is 593 g/mol. The third kappa shape index (κ3) is 8.35. The molecule has 0 aliphatic heterocycles. The standard InChI is InChI=1S/C28H37N2O4.HI/c1-30(2,3)24-16-14-22(15-17-24)20-27(31)34-19-11-7-5-6-10-18-29-25-13-9-8-12-23(25)21-26(29)28(32)33-4;/h8-9,12-17,21H,5-7,10-11,18-20H2,1-4H3;1H/q+1;/p-1. The number of rotatable bonds is 12. The molecule has 0 aliphatic rings. The Morgan fingerprint density at radius 1 is 0.886 bits per heavy atom. The molecule has 6 nitrogen and oxygen atoms in total. The molecule has 0 bridgehead atoms. The van der Waals surface area contributed by atoms with Crippen molar-refractivity contribution in [2.75, 3.05) is 34.9 Å². The molecule has 35 heavy (non-hydrogen) atoms. The van der Waals surface area contributed by atoms with Gasteiger partial charge in [0.25, 0.3) is 0 Å². The molecule has 1 aromatic heterocycles. The van der Waals surface area contributed by atoms with Gasteiger partial charge in [0.05, 0.1) is 41.3 Å². The highest BCUT2D eigenvalue weighted by Crippen LogP contribution is 2.22. The van der Waals surface area contributed by atoms with Crippen molar-refractivity contribution < 1.29 is 43.0 Å². The van der Waals surface area contributed by atoms with E-state index >= 15 is 0 Å². The summed E-state index contributed by atoms with van der Waals surface area (Å²) >= 11 is 0. The quantitative estimate of drug-likeness (QED) is 0.140. The van der Waals surface area contributed by atoms with Crippen molar-refractivity contribution in [3.63, 3.8) is 0 Å². The van der Waals surface area contributed by atoms with Gasteiger partial charge in [0.1, 0.15) is 11.4 Å². The number of methoxy groups -OCH3 is 1. The second kappa shape index (κ2) is 13.6. The van der Waals surface area contributed by atoms with E-state index in [-0.39, 0.29) is 35.9 Å². The summed E-state index contributed by atoms with van der Waals surface area (Å²) in [7, 11) is 7.77. The van der Waals surface area contributed by atoms with Crippen LogP contribution in [-0.4, -0.2) is 51.4 Å². The highest BCUT2D eigenvalue weighted by Gasteiger charge is 2.15. The van der Waals surface area contributed by atoms with Crippen LogP contribution in [0.15, 0.2) is 54.6 Å². The van der Waals surface area contributed by atoms with E-state index in [1.54, 1.807) is 0 Å². The zero-order chi connectivity index (χ0) is 24.6. The number of carbonyl (C=O) groups excluding carboxylic acids is 2. The van der Waals surface area contributed by atoms with Gasteiger partial charge in [-0.25, -0.2) is 4.79 Å². The molecule has 0 N–H and O–H groups in total. The summed E-state index contributed by atoms with van der Waals surface area (Å²) in [5, 5.41) is 1.05. The number of aromatic nitrogens is 1. The molecule has 0 saturated heterocycles. The van der Waals surface area contributed by atoms with Gasteiger partial charge in [0.2, 0.25) is 0 Å². The van der Waals surface area contributed by atoms with Gasteiger partial charge in [-0.15, -0.1) is 0 Å². The Morgan fingerprint density at radius 2 is 1.54 bits per heavy atom. The third-order valence-corrected chi connectivity index (χ3v) is 6.05. The number of nitrogens with zero attached hydrogens (tertiary/aromatic N) is 2. The molecule has 190 valence electrons. The highest BCUT2D eigenvalue weighted by molar-refractivity contribution is 5.95. The van der Waals surface area contributed by atoms with Gasteiger partial charge in [-0.2, -0.15) is 0 Å². The van der Waals surface area contributed by atoms with Crippen molar-refractivity contribution in [3.05, 3.63) is 65.9 Å². The van der Waals surface area contributed by atoms with E-state index in [1.807, 2.05) is 42.5 Å². The van der Waals surface area contributed by atoms with Crippen LogP contribution in [0, 0.1) is 0 Å². The number of halogens is 1. The van der Waals surface area contributed by atoms with E-state index in [0.29, 0.717) is 18.7 Å². The Labute approximate surface area is 225 Å². The van der Waals surface area contributed by atoms with E-state index in [1.165, 1.54) is 12.8 Å². The van der Waals surface area contributed by atoms with Crippen LogP contribution >= 0.6 is 0 Å². The van der Waals surface area contributed by atoms with Gasteiger partial charge < -0.3 is 38.0 Å². The van der Waals surface area contributed by atoms with Crippen molar-refractivity contribution >= 4 is 28.5 Å². The van der Waals surface area contributed by atoms with E-state index in [4.69, 9.17) is 9.47 Å². The Hall–Kier alpha value is -2.39. The predicted molar refractivity (Wildman–Crippen MR) is 137 cm³/mol. The van der Waals surface area contributed by atoms with Crippen LogP contribution in [0.1, 0.15) is 48.2 Å². The molecule has 0 saturated carbocycles. The Kier molecular flexibility index (Phi) is 11.2. The summed E-state index contributed by atoms with van der Waals surface area (Å²) in [6, 6.07) is 18.0. The molecule has 0 amide bonds. The maximum absolute atomic E-state index is 12.2. The van der Waals surface area contributed by atoms with E-state index in [2.05, 4.69) is 37.8 Å². The Morgan fingerprint density at radius 3 is 2.23 bits per heavy atom. The van der Waals surface area contributed by atoms with Crippen LogP contribution in [0.25, 0.3) is 10.9 Å². The van der Waals surface area contributed by atoms with Gasteiger partial charge in [0, 0.05) is 17.4 Å². The lowest BCUT2D eigenvalue weighted by Gasteiger charge is -2.23. The fourth-order valence-electron chi connectivity index (χ4n) is 4.09. The first-order chi connectivity index (χ1) is 16.3. The zero-order valence-corrected chi connectivity index (χ0v) is 23.4. The fraction of sp³-hybridized carbons (Fsp3) is 0.429. The molecule has 3 aromatic rings. The highest BCUT2D eigenvalue weighted by atomic mass is 127. The smallest absolute Gasteiger partial charge is 0.354 e. The summed E-state index contributed by atoms with van der Waals surface area (Å²) in [6.07, 6.45) is 5.29. The molecular formula is C28H37IN2O4. The molecule has 0 aliphatic carbocycles. The molecule has 2 aromatic carbocycles. The lowest BCUT2D eigenvalue weighted by atomic mass is 10.1. The number of para-hydroxylation sites is 1. The first kappa shape index (κ1) is 28.8. The number of carbonyl (C=O) groups is 2. The van der Waals surface area contributed by atoms with Gasteiger partial charge in [0.15, 0.2) is 0 Å². The topological polar surface area (TPSA) is 57.5 Å². The van der Waals surface area contributed by atoms with Gasteiger partial charge in [-0.1, -0.05) is 49.6 Å². The number of hydrogen-bond acceptors (Lipinski definition) is 4. The number of fused-ring (bicyclic) bond motifs is 1. The second-order valence-corrected chi connectivity index (χ2v) is 9.58. The first-order valence-corrected chi connectivity index (χ1v) is 12.0. The number of ether oxygens (including phenoxy) is 2. The summed E-state index contributed by atoms with van der Waals surface area (Å²) < 4.78 is 13.2. The average Bonchev–Trinajstić information content (AvgIpc) is 3.18. The maximum atomic E-state index is 12.2. The normalized spacial score (nSPS) is 11.2. The first-order valence-electron chi connectivity index (χ1n) is 12.0. The summed E-state index contributed by atoms with van der Waals surface area (Å²) in [4.78, 5) is 24.3. The van der Waals surface area contributed by atoms with Gasteiger partial charge >= 0.3 is 11.9 Å². The summed E-state index contributed by atoms with van der Waals surface area (Å²) in [5.41, 5.74) is 3.83. The van der Waals surface area contributed by atoms with Crippen molar-refractivity contribution in [1.29, 1.82) is 0 Å². The predicted octanol–water partition coefficient (Wildman–Crippen LogP) is 2.37. The number of quaternary nitrogens is 1. The zero-order valence-electron chi connectivity index (χ0n) is 21.3. The molecule has 0 spiro atoms. The van der Waals surface area contributed by atoms with Crippen LogP contribution in [0.3, 0.4) is 0 Å². The number of unbranched alkanes of at least 4 members (excludes halogenated alkanes) is 4. The Balaban J connectivity index is 0.00000432. The number of esters is 2. The fourth-order valence-corrected chi connectivity index (χ4v) is 4.09. The van der Waals surface area contributed by atoms with E-state index < -0.39 is 0 Å². The Bertz CT molecular complexity index is 1100. The van der Waals surface area contributed by atoms with Crippen LogP contribution < -0.4 is 28.5 Å². The van der Waals surface area contributed by atoms with E-state index in [9.17, 15) is 9.59 Å². The third-order valence-electron chi connectivity index (χ3n) is 6.05. The molecule has 0 fully saturated rings. The minimum absolute atomic E-state index is 0. The molecule has 1 heterocycles. The summed E-state index contributed by atoms with van der Waals surface area (Å²) in [6.45, 7) is 1.24. The number of hydrogen-bond donors (Lipinski definition) is 0. The van der Waals surface area contributed by atoms with Crippen LogP contribution in [0.5, 0.6) is 0 Å². The van der Waals surface area contributed by atoms with Crippen LogP contribution in [0.4, 0.5) is 5.69 Å². The molecule has 0 atom stereocenters. The van der Waals surface area contributed by atoms with E-state index in [0.717, 1.165) is 59.6 Å². The minimum atomic E-state index is -0.303. The SMILES string of the molecule is COC(=O)c1cc2ccccc2n1CCCCCCCOC(=O)Cc1ccc([N+](C)(C)C)cc1.[I-]. The van der Waals surface area contributed by atoms with Gasteiger partial charge in [-0.05, 0) is 42.7 Å². The number of aryl methyl sites for hydroxylation is 1. The van der Waals surface area contributed by atoms with Gasteiger partial charge in [-0.3, -0.25) is 9.28 Å². The molecule has 0 radical (unpaired) electrons. The van der Waals surface area contributed by atoms with Crippen LogP contribution in [-0.2, 0) is 27.2 Å². The lowest BCUT2D eigenvalue weighted by Crippen LogP contribution is -3.00. The molecule has 7 heteroatoms. The maximum Gasteiger partial charge on any atom is 0.354 e. The number of benzene rings is 2. The molecule has 0 unspecified atom stereocenters. The monoisotopic (exact) mass is 592 g/mol. The second-order valence-electron chi connectivity index (χ2n) is 9.58. The van der Waals surface area contributed by atoms with Crippen LogP contribution in [0.2, 0.25) is 0 Å². The molecular weight excluding hydrogens is 555 g/mol. The van der Waals surface area contributed by atoms with Crippen molar-refractivity contribution in [2.45, 2.75) is 45.1 Å². The van der Waals surface area contributed by atoms with Crippen molar-refractivity contribution in [3.8, 4) is 0 Å². The molecule has 3 rings (SSSR count). The lowest BCUT2D eigenvalue weighted by molar-refractivity contribution is -0.142. The largest absolute Gasteiger partial charge is 1.00 e. The summed E-state index contributed by atoms with van der Waals surface area (Å²) in [5.74, 6) is -0.477.